The zero-order chi connectivity index (χ0) is 17.5. The number of hydrogen-bond donors (Lipinski definition) is 2. The zero-order valence-corrected chi connectivity index (χ0v) is 14.8. The van der Waals surface area contributed by atoms with Crippen molar-refractivity contribution in [2.24, 2.45) is 5.41 Å². The summed E-state index contributed by atoms with van der Waals surface area (Å²) in [4.78, 5) is 12.3. The predicted molar refractivity (Wildman–Crippen MR) is 99.5 cm³/mol. The molecule has 2 N–H and O–H groups in total. The third-order valence-corrected chi connectivity index (χ3v) is 4.79. The number of ether oxygens (including phenoxy) is 1. The van der Waals surface area contributed by atoms with Gasteiger partial charge in [-0.2, -0.15) is 0 Å². The van der Waals surface area contributed by atoms with E-state index in [1.807, 2.05) is 37.3 Å². The van der Waals surface area contributed by atoms with Gasteiger partial charge in [-0.05, 0) is 49.6 Å². The number of rotatable bonds is 7. The van der Waals surface area contributed by atoms with E-state index >= 15 is 0 Å². The minimum atomic E-state index is -0.255. The molecular formula is C21H26N2O2. The third kappa shape index (κ3) is 4.83. The summed E-state index contributed by atoms with van der Waals surface area (Å²) in [6.07, 6.45) is 1.74. The maximum absolute atomic E-state index is 12.3. The summed E-state index contributed by atoms with van der Waals surface area (Å²) in [5, 5.41) is 6.32. The summed E-state index contributed by atoms with van der Waals surface area (Å²) in [6.45, 7) is 4.96. The van der Waals surface area contributed by atoms with Gasteiger partial charge < -0.3 is 15.4 Å². The van der Waals surface area contributed by atoms with Crippen molar-refractivity contribution in [2.45, 2.75) is 26.4 Å². The number of nitrogens with one attached hydrogen (secondary N) is 2. The fourth-order valence-electron chi connectivity index (χ4n) is 3.04. The van der Waals surface area contributed by atoms with Gasteiger partial charge in [0, 0.05) is 13.1 Å². The molecular weight excluding hydrogens is 312 g/mol. The smallest absolute Gasteiger partial charge is 0.227 e. The molecule has 0 radical (unpaired) electrons. The van der Waals surface area contributed by atoms with Gasteiger partial charge >= 0.3 is 0 Å². The maximum Gasteiger partial charge on any atom is 0.227 e. The van der Waals surface area contributed by atoms with Crippen molar-refractivity contribution in [1.29, 1.82) is 0 Å². The predicted octanol–water partition coefficient (Wildman–Crippen LogP) is 2.92. The second-order valence-corrected chi connectivity index (χ2v) is 6.91. The SMILES string of the molecule is CC1(C(=O)NCCc2ccc(OCc3ccccc3)cc2)CCNC1. The quantitative estimate of drug-likeness (QED) is 0.816. The summed E-state index contributed by atoms with van der Waals surface area (Å²) in [7, 11) is 0. The van der Waals surface area contributed by atoms with E-state index in [2.05, 4.69) is 34.9 Å². The lowest BCUT2D eigenvalue weighted by atomic mass is 9.89. The van der Waals surface area contributed by atoms with E-state index in [9.17, 15) is 4.79 Å². The average Bonchev–Trinajstić information content (AvgIpc) is 3.10. The number of hydrogen-bond acceptors (Lipinski definition) is 3. The molecule has 1 atom stereocenters. The molecule has 4 heteroatoms. The first-order valence-corrected chi connectivity index (χ1v) is 8.90. The number of carbonyl (C=O) groups is 1. The zero-order valence-electron chi connectivity index (χ0n) is 14.8. The van der Waals surface area contributed by atoms with Crippen LogP contribution in [0, 0.1) is 5.41 Å². The fraction of sp³-hybridized carbons (Fsp3) is 0.381. The van der Waals surface area contributed by atoms with E-state index in [1.165, 1.54) is 5.56 Å². The Morgan fingerprint density at radius 2 is 1.88 bits per heavy atom. The summed E-state index contributed by atoms with van der Waals surface area (Å²) in [5.41, 5.74) is 2.10. The Morgan fingerprint density at radius 3 is 2.56 bits per heavy atom. The molecule has 0 bridgehead atoms. The van der Waals surface area contributed by atoms with E-state index in [-0.39, 0.29) is 11.3 Å². The molecule has 25 heavy (non-hydrogen) atoms. The lowest BCUT2D eigenvalue weighted by molar-refractivity contribution is -0.129. The monoisotopic (exact) mass is 338 g/mol. The molecule has 1 amide bonds. The summed E-state index contributed by atoms with van der Waals surface area (Å²) in [6, 6.07) is 18.2. The first-order valence-electron chi connectivity index (χ1n) is 8.90. The van der Waals surface area contributed by atoms with E-state index < -0.39 is 0 Å². The largest absolute Gasteiger partial charge is 0.489 e. The number of benzene rings is 2. The highest BCUT2D eigenvalue weighted by atomic mass is 16.5. The van der Waals surface area contributed by atoms with Crippen molar-refractivity contribution < 1.29 is 9.53 Å². The topological polar surface area (TPSA) is 50.4 Å². The maximum atomic E-state index is 12.3. The van der Waals surface area contributed by atoms with Gasteiger partial charge in [-0.1, -0.05) is 42.5 Å². The van der Waals surface area contributed by atoms with Crippen LogP contribution in [-0.2, 0) is 17.8 Å². The van der Waals surface area contributed by atoms with Crippen molar-refractivity contribution in [1.82, 2.24) is 10.6 Å². The Morgan fingerprint density at radius 1 is 1.12 bits per heavy atom. The van der Waals surface area contributed by atoms with Crippen LogP contribution < -0.4 is 15.4 Å². The minimum Gasteiger partial charge on any atom is -0.489 e. The fourth-order valence-corrected chi connectivity index (χ4v) is 3.04. The van der Waals surface area contributed by atoms with Crippen LogP contribution in [-0.4, -0.2) is 25.5 Å². The van der Waals surface area contributed by atoms with Gasteiger partial charge in [-0.15, -0.1) is 0 Å². The Balaban J connectivity index is 1.42. The molecule has 1 fully saturated rings. The van der Waals surface area contributed by atoms with E-state index in [4.69, 9.17) is 4.74 Å². The lowest BCUT2D eigenvalue weighted by Crippen LogP contribution is -2.41. The molecule has 0 saturated carbocycles. The van der Waals surface area contributed by atoms with Gasteiger partial charge in [0.15, 0.2) is 0 Å². The van der Waals surface area contributed by atoms with Crippen LogP contribution >= 0.6 is 0 Å². The van der Waals surface area contributed by atoms with Crippen molar-refractivity contribution in [3.8, 4) is 5.75 Å². The van der Waals surface area contributed by atoms with Gasteiger partial charge in [0.2, 0.25) is 5.91 Å². The molecule has 2 aromatic rings. The second-order valence-electron chi connectivity index (χ2n) is 6.91. The summed E-state index contributed by atoms with van der Waals surface area (Å²) >= 11 is 0. The van der Waals surface area contributed by atoms with Crippen LogP contribution in [0.15, 0.2) is 54.6 Å². The van der Waals surface area contributed by atoms with Crippen LogP contribution in [0.1, 0.15) is 24.5 Å². The van der Waals surface area contributed by atoms with Crippen molar-refractivity contribution in [3.05, 3.63) is 65.7 Å². The Labute approximate surface area is 149 Å². The molecule has 0 aromatic heterocycles. The number of amides is 1. The van der Waals surface area contributed by atoms with Crippen LogP contribution in [0.5, 0.6) is 5.75 Å². The van der Waals surface area contributed by atoms with Crippen LogP contribution in [0.4, 0.5) is 0 Å². The molecule has 1 unspecified atom stereocenters. The Bertz CT molecular complexity index is 677. The molecule has 1 aliphatic rings. The van der Waals surface area contributed by atoms with E-state index in [1.54, 1.807) is 0 Å². The molecule has 2 aromatic carbocycles. The number of carbonyl (C=O) groups excluding carboxylic acids is 1. The highest BCUT2D eigenvalue weighted by molar-refractivity contribution is 5.82. The van der Waals surface area contributed by atoms with Gasteiger partial charge in [-0.25, -0.2) is 0 Å². The molecule has 0 aliphatic carbocycles. The molecule has 1 saturated heterocycles. The first kappa shape index (κ1) is 17.5. The minimum absolute atomic E-state index is 0.153. The lowest BCUT2D eigenvalue weighted by Gasteiger charge is -2.21. The summed E-state index contributed by atoms with van der Waals surface area (Å²) < 4.78 is 5.79. The summed E-state index contributed by atoms with van der Waals surface area (Å²) in [5.74, 6) is 1.02. The van der Waals surface area contributed by atoms with E-state index in [0.29, 0.717) is 13.2 Å². The second kappa shape index (κ2) is 8.17. The standard InChI is InChI=1S/C21H26N2O2/c1-21(12-14-22-16-21)20(24)23-13-11-17-7-9-19(10-8-17)25-15-18-5-3-2-4-6-18/h2-10,22H,11-16H2,1H3,(H,23,24). The van der Waals surface area contributed by atoms with Gasteiger partial charge in [-0.3, -0.25) is 4.79 Å². The van der Waals surface area contributed by atoms with Gasteiger partial charge in [0.05, 0.1) is 5.41 Å². The van der Waals surface area contributed by atoms with Crippen molar-refractivity contribution >= 4 is 5.91 Å². The molecule has 132 valence electrons. The molecule has 1 heterocycles. The highest BCUT2D eigenvalue weighted by Crippen LogP contribution is 2.24. The van der Waals surface area contributed by atoms with Crippen molar-refractivity contribution in [2.75, 3.05) is 19.6 Å². The Hall–Kier alpha value is -2.33. The van der Waals surface area contributed by atoms with Crippen LogP contribution in [0.3, 0.4) is 0 Å². The molecule has 3 rings (SSSR count). The van der Waals surface area contributed by atoms with Crippen LogP contribution in [0.2, 0.25) is 0 Å². The van der Waals surface area contributed by atoms with Gasteiger partial charge in [0.25, 0.3) is 0 Å². The molecule has 0 spiro atoms. The molecule has 1 aliphatic heterocycles. The van der Waals surface area contributed by atoms with Gasteiger partial charge in [0.1, 0.15) is 12.4 Å². The van der Waals surface area contributed by atoms with E-state index in [0.717, 1.165) is 37.2 Å². The van der Waals surface area contributed by atoms with Crippen molar-refractivity contribution in [3.63, 3.8) is 0 Å². The normalized spacial score (nSPS) is 19.6. The Kier molecular flexibility index (Phi) is 5.71. The third-order valence-electron chi connectivity index (χ3n) is 4.79. The first-order chi connectivity index (χ1) is 12.2. The molecule has 4 nitrogen and oxygen atoms in total. The average molecular weight is 338 g/mol. The van der Waals surface area contributed by atoms with Crippen LogP contribution in [0.25, 0.3) is 0 Å². The highest BCUT2D eigenvalue weighted by Gasteiger charge is 2.35.